The Hall–Kier alpha value is -2.04. The van der Waals surface area contributed by atoms with E-state index < -0.39 is 5.97 Å². The largest absolute Gasteiger partial charge is 0.477 e. The fourth-order valence-corrected chi connectivity index (χ4v) is 3.41. The fourth-order valence-electron chi connectivity index (χ4n) is 3.07. The Balaban J connectivity index is 2.13. The van der Waals surface area contributed by atoms with Crippen LogP contribution >= 0.6 is 23.2 Å². The summed E-state index contributed by atoms with van der Waals surface area (Å²) < 4.78 is 0. The molecule has 0 fully saturated rings. The van der Waals surface area contributed by atoms with E-state index >= 15 is 0 Å². The van der Waals surface area contributed by atoms with E-state index in [9.17, 15) is 9.90 Å². The number of aliphatic carboxylic acids is 1. The van der Waals surface area contributed by atoms with Gasteiger partial charge in [-0.2, -0.15) is 5.10 Å². The second-order valence-corrected chi connectivity index (χ2v) is 6.44. The topological polar surface area (TPSA) is 52.9 Å². The summed E-state index contributed by atoms with van der Waals surface area (Å²) in [6.07, 6.45) is 0.652. The van der Waals surface area contributed by atoms with Crippen molar-refractivity contribution in [3.63, 3.8) is 0 Å². The van der Waals surface area contributed by atoms with Gasteiger partial charge >= 0.3 is 5.97 Å². The Morgan fingerprint density at radius 2 is 1.83 bits per heavy atom. The van der Waals surface area contributed by atoms with Crippen LogP contribution < -0.4 is 5.01 Å². The van der Waals surface area contributed by atoms with E-state index in [4.69, 9.17) is 23.2 Å². The number of carbonyl (C=O) groups is 1. The minimum Gasteiger partial charge on any atom is -0.477 e. The van der Waals surface area contributed by atoms with Crippen molar-refractivity contribution in [1.29, 1.82) is 0 Å². The minimum atomic E-state index is -1.00. The second-order valence-electron chi connectivity index (χ2n) is 5.60. The number of benzene rings is 2. The number of carboxylic acid groups (broad SMARTS) is 1. The molecule has 0 unspecified atom stereocenters. The molecule has 0 saturated heterocycles. The van der Waals surface area contributed by atoms with Gasteiger partial charge in [0.2, 0.25) is 0 Å². The summed E-state index contributed by atoms with van der Waals surface area (Å²) in [5.41, 5.74) is 1.79. The van der Waals surface area contributed by atoms with Crippen LogP contribution in [0.2, 0.25) is 10.0 Å². The predicted molar refractivity (Wildman–Crippen MR) is 97.0 cm³/mol. The second kappa shape index (κ2) is 6.83. The summed E-state index contributed by atoms with van der Waals surface area (Å²) in [7, 11) is 0. The molecule has 4 nitrogen and oxygen atoms in total. The smallest absolute Gasteiger partial charge is 0.352 e. The Morgan fingerprint density at radius 1 is 1.17 bits per heavy atom. The van der Waals surface area contributed by atoms with Crippen molar-refractivity contribution in [3.8, 4) is 0 Å². The lowest BCUT2D eigenvalue weighted by Gasteiger charge is -2.28. The Morgan fingerprint density at radius 3 is 2.42 bits per heavy atom. The molecule has 0 bridgehead atoms. The van der Waals surface area contributed by atoms with E-state index in [2.05, 4.69) is 5.10 Å². The van der Waals surface area contributed by atoms with Gasteiger partial charge < -0.3 is 5.11 Å². The monoisotopic (exact) mass is 362 g/mol. The summed E-state index contributed by atoms with van der Waals surface area (Å²) in [6, 6.07) is 14.5. The summed E-state index contributed by atoms with van der Waals surface area (Å²) >= 11 is 12.3. The lowest BCUT2D eigenvalue weighted by molar-refractivity contribution is -0.129. The molecule has 0 saturated carbocycles. The average molecular weight is 363 g/mol. The Kier molecular flexibility index (Phi) is 4.78. The van der Waals surface area contributed by atoms with E-state index in [1.54, 1.807) is 23.2 Å². The molecule has 0 spiro atoms. The molecule has 1 aliphatic rings. The van der Waals surface area contributed by atoms with Crippen LogP contribution in [0.3, 0.4) is 0 Å². The molecule has 2 aromatic rings. The highest BCUT2D eigenvalue weighted by Crippen LogP contribution is 2.43. The number of para-hydroxylation sites is 1. The van der Waals surface area contributed by atoms with Crippen LogP contribution in [-0.2, 0) is 4.79 Å². The number of hydrogen-bond donors (Lipinski definition) is 1. The zero-order valence-electron chi connectivity index (χ0n) is 13.0. The van der Waals surface area contributed by atoms with Gasteiger partial charge in [-0.15, -0.1) is 0 Å². The van der Waals surface area contributed by atoms with Gasteiger partial charge in [0, 0.05) is 10.9 Å². The van der Waals surface area contributed by atoms with E-state index in [1.807, 2.05) is 37.3 Å². The normalized spacial score (nSPS) is 20.1. The van der Waals surface area contributed by atoms with E-state index in [0.717, 1.165) is 5.56 Å². The Labute approximate surface area is 150 Å². The fraction of sp³-hybridized carbons (Fsp3) is 0.222. The van der Waals surface area contributed by atoms with E-state index in [1.165, 1.54) is 0 Å². The van der Waals surface area contributed by atoms with Gasteiger partial charge in [-0.1, -0.05) is 54.4 Å². The molecular weight excluding hydrogens is 347 g/mol. The van der Waals surface area contributed by atoms with Gasteiger partial charge in [0.25, 0.3) is 0 Å². The highest BCUT2D eigenvalue weighted by Gasteiger charge is 2.41. The molecule has 0 aliphatic carbocycles. The van der Waals surface area contributed by atoms with Crippen LogP contribution in [-0.4, -0.2) is 16.8 Å². The number of carboxylic acids is 1. The zero-order valence-corrected chi connectivity index (χ0v) is 14.5. The predicted octanol–water partition coefficient (Wildman–Crippen LogP) is 5.02. The molecule has 124 valence electrons. The first kappa shape index (κ1) is 16.8. The summed E-state index contributed by atoms with van der Waals surface area (Å²) in [4.78, 5) is 11.7. The highest BCUT2D eigenvalue weighted by atomic mass is 35.5. The molecule has 1 aliphatic heterocycles. The molecule has 3 rings (SSSR count). The maximum atomic E-state index is 11.7. The van der Waals surface area contributed by atoms with Crippen LogP contribution in [0.4, 0.5) is 5.69 Å². The number of halogens is 2. The molecule has 6 heteroatoms. The lowest BCUT2D eigenvalue weighted by atomic mass is 9.88. The summed E-state index contributed by atoms with van der Waals surface area (Å²) in [5.74, 6) is -1.24. The third-order valence-corrected chi connectivity index (χ3v) is 4.75. The zero-order chi connectivity index (χ0) is 17.3. The van der Waals surface area contributed by atoms with E-state index in [0.29, 0.717) is 22.2 Å². The lowest BCUT2D eigenvalue weighted by Crippen LogP contribution is -2.27. The molecule has 0 amide bonds. The molecule has 0 radical (unpaired) electrons. The number of hydrogen-bond acceptors (Lipinski definition) is 3. The van der Waals surface area contributed by atoms with Crippen LogP contribution in [0.5, 0.6) is 0 Å². The quantitative estimate of drug-likeness (QED) is 0.830. The molecule has 1 N–H and O–H groups in total. The van der Waals surface area contributed by atoms with Gasteiger partial charge in [0.1, 0.15) is 0 Å². The molecule has 2 atom stereocenters. The van der Waals surface area contributed by atoms with Crippen molar-refractivity contribution in [3.05, 3.63) is 64.1 Å². The first-order valence-electron chi connectivity index (χ1n) is 7.64. The van der Waals surface area contributed by atoms with Gasteiger partial charge in [0.15, 0.2) is 5.71 Å². The van der Waals surface area contributed by atoms with Crippen LogP contribution in [0, 0.1) is 5.92 Å². The van der Waals surface area contributed by atoms with Crippen molar-refractivity contribution in [1.82, 2.24) is 0 Å². The molecule has 24 heavy (non-hydrogen) atoms. The summed E-state index contributed by atoms with van der Waals surface area (Å²) in [6.45, 7) is 1.96. The third-order valence-electron chi connectivity index (χ3n) is 4.18. The van der Waals surface area contributed by atoms with Crippen LogP contribution in [0.25, 0.3) is 0 Å². The molecule has 0 aromatic heterocycles. The standard InChI is InChI=1S/C18H16Cl2N2O2/c1-2-13-16(18(23)24)21-22(15-6-4-3-5-14(15)20)17(13)11-7-9-12(19)10-8-11/h3-10,13,17H,2H2,1H3,(H,23,24)/t13-,17+/m1/s1. The molecular formula is C18H16Cl2N2O2. The maximum Gasteiger partial charge on any atom is 0.352 e. The van der Waals surface area contributed by atoms with Gasteiger partial charge in [-0.25, -0.2) is 4.79 Å². The van der Waals surface area contributed by atoms with Crippen LogP contribution in [0.15, 0.2) is 53.6 Å². The minimum absolute atomic E-state index is 0.150. The van der Waals surface area contributed by atoms with E-state index in [-0.39, 0.29) is 17.7 Å². The highest BCUT2D eigenvalue weighted by molar-refractivity contribution is 6.38. The number of nitrogens with zero attached hydrogens (tertiary/aromatic N) is 2. The van der Waals surface area contributed by atoms with Gasteiger partial charge in [-0.3, -0.25) is 5.01 Å². The number of rotatable bonds is 4. The molecule has 2 aromatic carbocycles. The number of hydrazone groups is 1. The SMILES string of the molecule is CC[C@@H]1C(C(=O)O)=NN(c2ccccc2Cl)[C@H]1c1ccc(Cl)cc1. The summed E-state index contributed by atoms with van der Waals surface area (Å²) in [5, 5.41) is 16.8. The first-order valence-corrected chi connectivity index (χ1v) is 8.39. The van der Waals surface area contributed by atoms with Gasteiger partial charge in [-0.05, 0) is 36.2 Å². The average Bonchev–Trinajstić information content (AvgIpc) is 2.95. The van der Waals surface area contributed by atoms with Crippen molar-refractivity contribution < 1.29 is 9.90 Å². The van der Waals surface area contributed by atoms with Crippen molar-refractivity contribution in [2.24, 2.45) is 11.0 Å². The van der Waals surface area contributed by atoms with Gasteiger partial charge in [0.05, 0.1) is 16.8 Å². The van der Waals surface area contributed by atoms with Crippen molar-refractivity contribution in [2.75, 3.05) is 5.01 Å². The third kappa shape index (κ3) is 2.99. The first-order chi connectivity index (χ1) is 11.5. The van der Waals surface area contributed by atoms with Crippen LogP contribution in [0.1, 0.15) is 24.9 Å². The Bertz CT molecular complexity index is 790. The maximum absolute atomic E-state index is 11.7. The van der Waals surface area contributed by atoms with Crippen molar-refractivity contribution >= 4 is 40.6 Å². The number of anilines is 1. The molecule has 1 heterocycles. The van der Waals surface area contributed by atoms with Crippen molar-refractivity contribution in [2.45, 2.75) is 19.4 Å².